The van der Waals surface area contributed by atoms with Crippen LogP contribution in [0, 0.1) is 0 Å². The van der Waals surface area contributed by atoms with Gasteiger partial charge in [0.25, 0.3) is 0 Å². The van der Waals surface area contributed by atoms with Crippen LogP contribution in [0.3, 0.4) is 0 Å². The molecule has 1 saturated heterocycles. The van der Waals surface area contributed by atoms with Crippen molar-refractivity contribution in [3.63, 3.8) is 0 Å². The highest BCUT2D eigenvalue weighted by atomic mass is 32.1. The van der Waals surface area contributed by atoms with Gasteiger partial charge in [0, 0.05) is 17.0 Å². The van der Waals surface area contributed by atoms with Crippen LogP contribution in [0.2, 0.25) is 0 Å². The number of hydrogen-bond donors (Lipinski definition) is 1. The van der Waals surface area contributed by atoms with E-state index in [9.17, 15) is 0 Å². The highest BCUT2D eigenvalue weighted by molar-refractivity contribution is 7.11. The topological polar surface area (TPSA) is 28.2 Å². The van der Waals surface area contributed by atoms with Gasteiger partial charge in [0.2, 0.25) is 0 Å². The molecule has 0 amide bonds. The minimum Gasteiger partial charge on any atom is -0.320 e. The maximum atomic E-state index is 4.62. The smallest absolute Gasteiger partial charge is 0.0959 e. The van der Waals surface area contributed by atoms with E-state index in [0.717, 1.165) is 6.54 Å². The van der Waals surface area contributed by atoms with Crippen LogP contribution in [-0.4, -0.2) is 43.6 Å². The Morgan fingerprint density at radius 2 is 2.24 bits per heavy atom. The van der Waals surface area contributed by atoms with Crippen LogP contribution in [0.5, 0.6) is 0 Å². The van der Waals surface area contributed by atoms with Gasteiger partial charge in [-0.05, 0) is 59.4 Å². The van der Waals surface area contributed by atoms with Gasteiger partial charge in [-0.15, -0.1) is 11.3 Å². The van der Waals surface area contributed by atoms with Gasteiger partial charge in [0.05, 0.1) is 5.01 Å². The van der Waals surface area contributed by atoms with Crippen molar-refractivity contribution in [2.45, 2.75) is 31.6 Å². The summed E-state index contributed by atoms with van der Waals surface area (Å²) in [5, 5.41) is 4.56. The van der Waals surface area contributed by atoms with Gasteiger partial charge in [-0.25, -0.2) is 4.98 Å². The van der Waals surface area contributed by atoms with E-state index < -0.39 is 0 Å². The fourth-order valence-electron chi connectivity index (χ4n) is 2.32. The zero-order valence-corrected chi connectivity index (χ0v) is 11.7. The van der Waals surface area contributed by atoms with Crippen molar-refractivity contribution in [1.82, 2.24) is 15.2 Å². The van der Waals surface area contributed by atoms with Crippen LogP contribution < -0.4 is 5.32 Å². The number of aromatic nitrogens is 1. The molecule has 2 heterocycles. The quantitative estimate of drug-likeness (QED) is 0.815. The molecular weight excluding hydrogens is 230 g/mol. The second kappa shape index (κ2) is 6.47. The van der Waals surface area contributed by atoms with E-state index in [2.05, 4.69) is 28.4 Å². The highest BCUT2D eigenvalue weighted by Gasteiger charge is 2.20. The van der Waals surface area contributed by atoms with Crippen LogP contribution >= 0.6 is 11.3 Å². The van der Waals surface area contributed by atoms with Gasteiger partial charge in [0.1, 0.15) is 0 Å². The molecule has 17 heavy (non-hydrogen) atoms. The van der Waals surface area contributed by atoms with Crippen molar-refractivity contribution in [3.8, 4) is 0 Å². The molecular formula is C13H23N3S. The third kappa shape index (κ3) is 3.76. The first-order valence-electron chi connectivity index (χ1n) is 6.57. The van der Waals surface area contributed by atoms with Crippen molar-refractivity contribution >= 4 is 11.3 Å². The lowest BCUT2D eigenvalue weighted by molar-refractivity contribution is 0.255. The van der Waals surface area contributed by atoms with Crippen LogP contribution in [0.4, 0.5) is 0 Å². The summed E-state index contributed by atoms with van der Waals surface area (Å²) in [7, 11) is 4.22. The number of nitrogens with zero attached hydrogens (tertiary/aromatic N) is 2. The zero-order chi connectivity index (χ0) is 12.1. The molecule has 1 aliphatic rings. The monoisotopic (exact) mass is 253 g/mol. The number of thiazole rings is 1. The van der Waals surface area contributed by atoms with Crippen LogP contribution in [-0.2, 0) is 6.42 Å². The molecule has 0 unspecified atom stereocenters. The Morgan fingerprint density at radius 1 is 1.47 bits per heavy atom. The first-order chi connectivity index (χ1) is 8.29. The van der Waals surface area contributed by atoms with E-state index in [-0.39, 0.29) is 0 Å². The van der Waals surface area contributed by atoms with Crippen molar-refractivity contribution in [1.29, 1.82) is 0 Å². The molecule has 3 nitrogen and oxygen atoms in total. The highest BCUT2D eigenvalue weighted by Crippen LogP contribution is 2.30. The molecule has 96 valence electrons. The van der Waals surface area contributed by atoms with E-state index >= 15 is 0 Å². The second-order valence-corrected chi connectivity index (χ2v) is 6.10. The summed E-state index contributed by atoms with van der Waals surface area (Å²) in [4.78, 5) is 8.49. The lowest BCUT2D eigenvalue weighted by Crippen LogP contribution is -2.29. The summed E-state index contributed by atoms with van der Waals surface area (Å²) >= 11 is 1.93. The summed E-state index contributed by atoms with van der Waals surface area (Å²) in [6.45, 7) is 3.54. The minimum atomic E-state index is 0.717. The maximum Gasteiger partial charge on any atom is 0.0959 e. The number of hydrogen-bond acceptors (Lipinski definition) is 4. The SMILES string of the molecule is CNCCCc1cnc(C2CCN(C)CC2)s1. The Kier molecular flexibility index (Phi) is 4.95. The van der Waals surface area contributed by atoms with Crippen LogP contribution in [0.15, 0.2) is 6.20 Å². The van der Waals surface area contributed by atoms with Gasteiger partial charge in [-0.3, -0.25) is 0 Å². The fraction of sp³-hybridized carbons (Fsp3) is 0.769. The van der Waals surface area contributed by atoms with Gasteiger partial charge in [-0.2, -0.15) is 0 Å². The molecule has 2 rings (SSSR count). The number of aryl methyl sites for hydroxylation is 1. The lowest BCUT2D eigenvalue weighted by atomic mass is 9.98. The fourth-order valence-corrected chi connectivity index (χ4v) is 3.45. The number of nitrogens with one attached hydrogen (secondary N) is 1. The second-order valence-electron chi connectivity index (χ2n) is 4.95. The lowest BCUT2D eigenvalue weighted by Gasteiger charge is -2.27. The molecule has 1 fully saturated rings. The van der Waals surface area contributed by atoms with Crippen molar-refractivity contribution in [2.75, 3.05) is 33.7 Å². The van der Waals surface area contributed by atoms with E-state index in [0.29, 0.717) is 5.92 Å². The molecule has 1 aromatic rings. The molecule has 1 N–H and O–H groups in total. The molecule has 0 atom stereocenters. The molecule has 0 saturated carbocycles. The summed E-state index contributed by atoms with van der Waals surface area (Å²) in [6.07, 6.45) is 7.03. The number of piperidine rings is 1. The average Bonchev–Trinajstić information content (AvgIpc) is 2.79. The molecule has 0 aromatic carbocycles. The minimum absolute atomic E-state index is 0.717. The largest absolute Gasteiger partial charge is 0.320 e. The first kappa shape index (κ1) is 13.0. The van der Waals surface area contributed by atoms with Crippen molar-refractivity contribution in [3.05, 3.63) is 16.1 Å². The maximum absolute atomic E-state index is 4.62. The molecule has 0 bridgehead atoms. The zero-order valence-electron chi connectivity index (χ0n) is 10.9. The summed E-state index contributed by atoms with van der Waals surface area (Å²) in [5.74, 6) is 0.717. The predicted molar refractivity (Wildman–Crippen MR) is 73.8 cm³/mol. The third-order valence-corrected chi connectivity index (χ3v) is 4.71. The first-order valence-corrected chi connectivity index (χ1v) is 7.39. The third-order valence-electron chi connectivity index (χ3n) is 3.49. The van der Waals surface area contributed by atoms with Crippen LogP contribution in [0.25, 0.3) is 0 Å². The summed E-state index contributed by atoms with van der Waals surface area (Å²) < 4.78 is 0. The summed E-state index contributed by atoms with van der Waals surface area (Å²) in [5.41, 5.74) is 0. The molecule has 1 aromatic heterocycles. The van der Waals surface area contributed by atoms with Crippen molar-refractivity contribution < 1.29 is 0 Å². The molecule has 0 spiro atoms. The van der Waals surface area contributed by atoms with Gasteiger partial charge in [0.15, 0.2) is 0 Å². The van der Waals surface area contributed by atoms with Crippen LogP contribution in [0.1, 0.15) is 35.1 Å². The standard InChI is InChI=1S/C13H23N3S/c1-14-7-3-4-12-10-15-13(17-12)11-5-8-16(2)9-6-11/h10-11,14H,3-9H2,1-2H3. The van der Waals surface area contributed by atoms with Crippen molar-refractivity contribution in [2.24, 2.45) is 0 Å². The van der Waals surface area contributed by atoms with E-state index in [4.69, 9.17) is 0 Å². The number of likely N-dealkylation sites (tertiary alicyclic amines) is 1. The average molecular weight is 253 g/mol. The normalized spacial score (nSPS) is 18.7. The summed E-state index contributed by atoms with van der Waals surface area (Å²) in [6, 6.07) is 0. The number of rotatable bonds is 5. The Hall–Kier alpha value is -0.450. The van der Waals surface area contributed by atoms with E-state index in [1.54, 1.807) is 0 Å². The Balaban J connectivity index is 1.85. The van der Waals surface area contributed by atoms with E-state index in [1.807, 2.05) is 18.4 Å². The molecule has 0 aliphatic carbocycles. The van der Waals surface area contributed by atoms with Gasteiger partial charge < -0.3 is 10.2 Å². The predicted octanol–water partition coefficient (Wildman–Crippen LogP) is 2.10. The Labute approximate surface area is 108 Å². The molecule has 0 radical (unpaired) electrons. The van der Waals surface area contributed by atoms with E-state index in [1.165, 1.54) is 48.7 Å². The molecule has 4 heteroatoms. The Morgan fingerprint density at radius 3 is 2.94 bits per heavy atom. The van der Waals surface area contributed by atoms with Gasteiger partial charge >= 0.3 is 0 Å². The molecule has 1 aliphatic heterocycles. The van der Waals surface area contributed by atoms with Gasteiger partial charge in [-0.1, -0.05) is 0 Å². The Bertz CT molecular complexity index is 329.